The van der Waals surface area contributed by atoms with Crippen LogP contribution in [0.2, 0.25) is 0 Å². The first-order valence-corrected chi connectivity index (χ1v) is 6.35. The fourth-order valence-electron chi connectivity index (χ4n) is 2.11. The maximum Gasteiger partial charge on any atom is 0.337 e. The van der Waals surface area contributed by atoms with Crippen LogP contribution in [0.4, 0.5) is 0 Å². The van der Waals surface area contributed by atoms with E-state index < -0.39 is 0 Å². The molecule has 1 heterocycles. The number of rotatable bonds is 3. The number of ether oxygens (including phenoxy) is 2. The number of carbonyl (C=O) groups is 1. The van der Waals surface area contributed by atoms with Crippen molar-refractivity contribution in [3.05, 3.63) is 29.8 Å². The predicted molar refractivity (Wildman–Crippen MR) is 68.9 cm³/mol. The lowest BCUT2D eigenvalue weighted by atomic mass is 10.1. The first-order chi connectivity index (χ1) is 8.79. The molecule has 98 valence electrons. The second kappa shape index (κ2) is 6.40. The standard InChI is InChI=1S/C14H19NO3/c1-17-14(16)11-4-2-5-13(10-11)18-12-6-3-8-15-9-7-12/h2,4-5,10,12,15H,3,6-9H2,1H3. The van der Waals surface area contributed by atoms with E-state index in [1.165, 1.54) is 7.11 Å². The van der Waals surface area contributed by atoms with E-state index in [1.54, 1.807) is 12.1 Å². The molecule has 1 aliphatic rings. The van der Waals surface area contributed by atoms with E-state index in [9.17, 15) is 4.79 Å². The van der Waals surface area contributed by atoms with Crippen molar-refractivity contribution < 1.29 is 14.3 Å². The third-order valence-electron chi connectivity index (χ3n) is 3.08. The fraction of sp³-hybridized carbons (Fsp3) is 0.500. The van der Waals surface area contributed by atoms with Gasteiger partial charge in [-0.2, -0.15) is 0 Å². The lowest BCUT2D eigenvalue weighted by Gasteiger charge is -2.17. The average molecular weight is 249 g/mol. The Morgan fingerprint density at radius 3 is 3.06 bits per heavy atom. The van der Waals surface area contributed by atoms with Gasteiger partial charge >= 0.3 is 5.97 Å². The monoisotopic (exact) mass is 249 g/mol. The lowest BCUT2D eigenvalue weighted by molar-refractivity contribution is 0.0599. The summed E-state index contributed by atoms with van der Waals surface area (Å²) in [6.07, 6.45) is 3.41. The fourth-order valence-corrected chi connectivity index (χ4v) is 2.11. The van der Waals surface area contributed by atoms with Crippen LogP contribution in [0.1, 0.15) is 29.6 Å². The zero-order valence-corrected chi connectivity index (χ0v) is 10.6. The Morgan fingerprint density at radius 2 is 2.22 bits per heavy atom. The van der Waals surface area contributed by atoms with Crippen molar-refractivity contribution in [1.29, 1.82) is 0 Å². The molecule has 0 aliphatic carbocycles. The van der Waals surface area contributed by atoms with Gasteiger partial charge in [0.15, 0.2) is 0 Å². The molecule has 0 radical (unpaired) electrons. The Morgan fingerprint density at radius 1 is 1.33 bits per heavy atom. The molecule has 0 aromatic heterocycles. The van der Waals surface area contributed by atoms with Gasteiger partial charge in [0.2, 0.25) is 0 Å². The normalized spacial score (nSPS) is 19.9. The van der Waals surface area contributed by atoms with Crippen LogP contribution in [0.3, 0.4) is 0 Å². The van der Waals surface area contributed by atoms with E-state index in [4.69, 9.17) is 9.47 Å². The minimum absolute atomic E-state index is 0.230. The van der Waals surface area contributed by atoms with Crippen LogP contribution in [0, 0.1) is 0 Å². The van der Waals surface area contributed by atoms with Gasteiger partial charge in [-0.3, -0.25) is 0 Å². The van der Waals surface area contributed by atoms with Gasteiger partial charge in [0, 0.05) is 0 Å². The summed E-state index contributed by atoms with van der Waals surface area (Å²) in [5.74, 6) is 0.410. The van der Waals surface area contributed by atoms with E-state index in [1.807, 2.05) is 12.1 Å². The molecule has 1 aliphatic heterocycles. The van der Waals surface area contributed by atoms with Gasteiger partial charge in [0.25, 0.3) is 0 Å². The van der Waals surface area contributed by atoms with E-state index in [2.05, 4.69) is 5.32 Å². The summed E-state index contributed by atoms with van der Waals surface area (Å²) in [6.45, 7) is 2.05. The number of methoxy groups -OCH3 is 1. The summed E-state index contributed by atoms with van der Waals surface area (Å²) >= 11 is 0. The summed E-state index contributed by atoms with van der Waals surface area (Å²) in [7, 11) is 1.38. The number of carbonyl (C=O) groups excluding carboxylic acids is 1. The molecule has 4 heteroatoms. The zero-order valence-electron chi connectivity index (χ0n) is 10.6. The maximum absolute atomic E-state index is 11.4. The predicted octanol–water partition coefficient (Wildman–Crippen LogP) is 1.99. The number of hydrogen-bond acceptors (Lipinski definition) is 4. The largest absolute Gasteiger partial charge is 0.490 e. The van der Waals surface area contributed by atoms with E-state index in [0.29, 0.717) is 5.56 Å². The van der Waals surface area contributed by atoms with Gasteiger partial charge in [-0.25, -0.2) is 4.79 Å². The molecule has 1 unspecified atom stereocenters. The molecular weight excluding hydrogens is 230 g/mol. The molecule has 1 N–H and O–H groups in total. The minimum Gasteiger partial charge on any atom is -0.490 e. The van der Waals surface area contributed by atoms with Crippen LogP contribution in [0.25, 0.3) is 0 Å². The van der Waals surface area contributed by atoms with E-state index >= 15 is 0 Å². The Kier molecular flexibility index (Phi) is 4.59. The third-order valence-corrected chi connectivity index (χ3v) is 3.08. The molecular formula is C14H19NO3. The Hall–Kier alpha value is -1.55. The number of esters is 1. The van der Waals surface area contributed by atoms with Gasteiger partial charge in [0.05, 0.1) is 18.8 Å². The number of nitrogens with one attached hydrogen (secondary N) is 1. The second-order valence-corrected chi connectivity index (χ2v) is 4.44. The van der Waals surface area contributed by atoms with Crippen molar-refractivity contribution >= 4 is 5.97 Å². The second-order valence-electron chi connectivity index (χ2n) is 4.44. The molecule has 0 spiro atoms. The molecule has 18 heavy (non-hydrogen) atoms. The van der Waals surface area contributed by atoms with Gasteiger partial charge in [-0.1, -0.05) is 6.07 Å². The van der Waals surface area contributed by atoms with Crippen LogP contribution < -0.4 is 10.1 Å². The van der Waals surface area contributed by atoms with Crippen LogP contribution in [0.5, 0.6) is 5.75 Å². The van der Waals surface area contributed by atoms with Crippen molar-refractivity contribution in [2.75, 3.05) is 20.2 Å². The molecule has 1 fully saturated rings. The SMILES string of the molecule is COC(=O)c1cccc(OC2CCCNCC2)c1. The van der Waals surface area contributed by atoms with Crippen LogP contribution in [-0.4, -0.2) is 32.3 Å². The Bertz CT molecular complexity index is 398. The molecule has 1 atom stereocenters. The first-order valence-electron chi connectivity index (χ1n) is 6.35. The van der Waals surface area contributed by atoms with Gasteiger partial charge in [-0.05, 0) is 50.6 Å². The van der Waals surface area contributed by atoms with Crippen molar-refractivity contribution in [1.82, 2.24) is 5.32 Å². The maximum atomic E-state index is 11.4. The van der Waals surface area contributed by atoms with Crippen molar-refractivity contribution in [3.8, 4) is 5.75 Å². The van der Waals surface area contributed by atoms with Gasteiger partial charge < -0.3 is 14.8 Å². The molecule has 2 rings (SSSR count). The highest BCUT2D eigenvalue weighted by Gasteiger charge is 2.14. The first kappa shape index (κ1) is 12.9. The smallest absolute Gasteiger partial charge is 0.337 e. The minimum atomic E-state index is -0.331. The van der Waals surface area contributed by atoms with Crippen LogP contribution in [0.15, 0.2) is 24.3 Å². The molecule has 1 saturated heterocycles. The van der Waals surface area contributed by atoms with Gasteiger partial charge in [0.1, 0.15) is 5.75 Å². The summed E-state index contributed by atoms with van der Waals surface area (Å²) in [5, 5.41) is 3.35. The number of benzene rings is 1. The highest BCUT2D eigenvalue weighted by atomic mass is 16.5. The Balaban J connectivity index is 2.01. The van der Waals surface area contributed by atoms with Crippen molar-refractivity contribution in [2.24, 2.45) is 0 Å². The van der Waals surface area contributed by atoms with Crippen molar-refractivity contribution in [2.45, 2.75) is 25.4 Å². The van der Waals surface area contributed by atoms with Crippen LogP contribution >= 0.6 is 0 Å². The third kappa shape index (κ3) is 3.47. The quantitative estimate of drug-likeness (QED) is 0.832. The highest BCUT2D eigenvalue weighted by Crippen LogP contribution is 2.19. The zero-order chi connectivity index (χ0) is 12.8. The highest BCUT2D eigenvalue weighted by molar-refractivity contribution is 5.89. The molecule has 0 bridgehead atoms. The summed E-state index contributed by atoms with van der Waals surface area (Å²) < 4.78 is 10.6. The molecule has 0 saturated carbocycles. The van der Waals surface area contributed by atoms with Crippen molar-refractivity contribution in [3.63, 3.8) is 0 Å². The number of hydrogen-bond donors (Lipinski definition) is 1. The summed E-state index contributed by atoms with van der Waals surface area (Å²) in [4.78, 5) is 11.4. The molecule has 1 aromatic carbocycles. The Labute approximate surface area is 107 Å². The summed E-state index contributed by atoms with van der Waals surface area (Å²) in [5.41, 5.74) is 0.529. The lowest BCUT2D eigenvalue weighted by Crippen LogP contribution is -2.19. The summed E-state index contributed by atoms with van der Waals surface area (Å²) in [6, 6.07) is 7.17. The van der Waals surface area contributed by atoms with E-state index in [0.717, 1.165) is 38.1 Å². The molecule has 0 amide bonds. The van der Waals surface area contributed by atoms with E-state index in [-0.39, 0.29) is 12.1 Å². The van der Waals surface area contributed by atoms with Gasteiger partial charge in [-0.15, -0.1) is 0 Å². The molecule has 4 nitrogen and oxygen atoms in total. The topological polar surface area (TPSA) is 47.6 Å². The van der Waals surface area contributed by atoms with Crippen LogP contribution in [-0.2, 0) is 4.74 Å². The average Bonchev–Trinajstić information content (AvgIpc) is 2.67. The molecule has 1 aromatic rings.